The first-order chi connectivity index (χ1) is 10.6. The zero-order valence-electron chi connectivity index (χ0n) is 12.3. The molecular weight excluding hydrogens is 362 g/mol. The van der Waals surface area contributed by atoms with Crippen molar-refractivity contribution in [1.82, 2.24) is 4.90 Å². The average Bonchev–Trinajstić information content (AvgIpc) is 3.11. The molecule has 0 amide bonds. The summed E-state index contributed by atoms with van der Waals surface area (Å²) >= 11 is 5.18. The van der Waals surface area contributed by atoms with Gasteiger partial charge in [0.2, 0.25) is 0 Å². The number of carbonyl (C=O) groups is 1. The summed E-state index contributed by atoms with van der Waals surface area (Å²) in [7, 11) is 0. The summed E-state index contributed by atoms with van der Waals surface area (Å²) < 4.78 is 1.04. The van der Waals surface area contributed by atoms with Gasteiger partial charge in [-0.2, -0.15) is 0 Å². The van der Waals surface area contributed by atoms with Crippen LogP contribution in [0.3, 0.4) is 0 Å². The Labute approximate surface area is 142 Å². The number of aliphatic carboxylic acids is 1. The highest BCUT2D eigenvalue weighted by atomic mass is 79.9. The monoisotopic (exact) mass is 379 g/mol. The van der Waals surface area contributed by atoms with Gasteiger partial charge in [0.15, 0.2) is 0 Å². The van der Waals surface area contributed by atoms with E-state index in [1.54, 1.807) is 11.3 Å². The number of likely N-dealkylation sites (tertiary alicyclic amines) is 1. The molecule has 2 aromatic rings. The third-order valence-corrected chi connectivity index (χ3v) is 5.75. The fourth-order valence-corrected chi connectivity index (χ4v) is 4.43. The van der Waals surface area contributed by atoms with Gasteiger partial charge < -0.3 is 5.11 Å². The van der Waals surface area contributed by atoms with Gasteiger partial charge >= 0.3 is 5.97 Å². The summed E-state index contributed by atoms with van der Waals surface area (Å²) in [6, 6.07) is 10.0. The maximum atomic E-state index is 11.6. The number of hydrogen-bond acceptors (Lipinski definition) is 3. The van der Waals surface area contributed by atoms with Crippen LogP contribution < -0.4 is 0 Å². The summed E-state index contributed by atoms with van der Waals surface area (Å²) in [6.07, 6.45) is 1.67. The van der Waals surface area contributed by atoms with Crippen LogP contribution in [0.15, 0.2) is 40.2 Å². The quantitative estimate of drug-likeness (QED) is 0.852. The van der Waals surface area contributed by atoms with Gasteiger partial charge in [0, 0.05) is 15.9 Å². The zero-order valence-corrected chi connectivity index (χ0v) is 14.7. The van der Waals surface area contributed by atoms with Crippen LogP contribution in [0.25, 0.3) is 0 Å². The van der Waals surface area contributed by atoms with Crippen molar-refractivity contribution in [2.75, 3.05) is 6.54 Å². The van der Waals surface area contributed by atoms with E-state index in [-0.39, 0.29) is 6.04 Å². The van der Waals surface area contributed by atoms with Crippen LogP contribution in [-0.4, -0.2) is 28.6 Å². The SMILES string of the molecule is Cc1csc(C(c2ccc(Br)cc2)N2CCCC2C(=O)O)c1. The van der Waals surface area contributed by atoms with Gasteiger partial charge in [-0.3, -0.25) is 9.69 Å². The Kier molecular flexibility index (Phi) is 4.66. The molecule has 3 rings (SSSR count). The van der Waals surface area contributed by atoms with Crippen molar-refractivity contribution in [3.63, 3.8) is 0 Å². The van der Waals surface area contributed by atoms with Crippen molar-refractivity contribution < 1.29 is 9.90 Å². The molecule has 22 heavy (non-hydrogen) atoms. The molecule has 0 saturated carbocycles. The van der Waals surface area contributed by atoms with Crippen LogP contribution >= 0.6 is 27.3 Å². The molecule has 2 unspecified atom stereocenters. The smallest absolute Gasteiger partial charge is 0.320 e. The van der Waals surface area contributed by atoms with Crippen molar-refractivity contribution in [2.45, 2.75) is 31.8 Å². The lowest BCUT2D eigenvalue weighted by atomic mass is 10.0. The Morgan fingerprint density at radius 1 is 1.41 bits per heavy atom. The maximum absolute atomic E-state index is 11.6. The molecular formula is C17H18BrNO2S. The van der Waals surface area contributed by atoms with E-state index in [2.05, 4.69) is 51.3 Å². The molecule has 0 bridgehead atoms. The zero-order chi connectivity index (χ0) is 15.7. The summed E-state index contributed by atoms with van der Waals surface area (Å²) in [5.74, 6) is -0.715. The second-order valence-corrected chi connectivity index (χ2v) is 7.57. The summed E-state index contributed by atoms with van der Waals surface area (Å²) in [4.78, 5) is 14.9. The molecule has 0 spiro atoms. The highest BCUT2D eigenvalue weighted by molar-refractivity contribution is 9.10. The van der Waals surface area contributed by atoms with Gasteiger partial charge in [-0.15, -0.1) is 11.3 Å². The molecule has 1 aliphatic heterocycles. The predicted octanol–water partition coefficient (Wildman–Crippen LogP) is 4.46. The fourth-order valence-electron chi connectivity index (χ4n) is 3.12. The van der Waals surface area contributed by atoms with E-state index in [0.717, 1.165) is 29.4 Å². The Bertz CT molecular complexity index is 668. The summed E-state index contributed by atoms with van der Waals surface area (Å²) in [6.45, 7) is 2.91. The average molecular weight is 380 g/mol. The van der Waals surface area contributed by atoms with E-state index in [9.17, 15) is 9.90 Å². The Balaban J connectivity index is 2.03. The number of rotatable bonds is 4. The highest BCUT2D eigenvalue weighted by Gasteiger charge is 2.37. The number of nitrogens with zero attached hydrogens (tertiary/aromatic N) is 1. The lowest BCUT2D eigenvalue weighted by molar-refractivity contribution is -0.142. The van der Waals surface area contributed by atoms with Crippen LogP contribution in [0, 0.1) is 6.92 Å². The molecule has 1 aromatic carbocycles. The largest absolute Gasteiger partial charge is 0.480 e. The second-order valence-electron chi connectivity index (χ2n) is 5.71. The first-order valence-electron chi connectivity index (χ1n) is 7.35. The van der Waals surface area contributed by atoms with E-state index < -0.39 is 12.0 Å². The van der Waals surface area contributed by atoms with Crippen molar-refractivity contribution in [3.05, 3.63) is 56.2 Å². The number of carboxylic acids is 1. The lowest BCUT2D eigenvalue weighted by Gasteiger charge is -2.31. The van der Waals surface area contributed by atoms with Gasteiger partial charge in [-0.25, -0.2) is 0 Å². The Hall–Kier alpha value is -1.17. The maximum Gasteiger partial charge on any atom is 0.320 e. The molecule has 1 aromatic heterocycles. The summed E-state index contributed by atoms with van der Waals surface area (Å²) in [5, 5.41) is 11.7. The molecule has 2 atom stereocenters. The van der Waals surface area contributed by atoms with E-state index in [1.165, 1.54) is 10.4 Å². The van der Waals surface area contributed by atoms with Gasteiger partial charge in [-0.1, -0.05) is 28.1 Å². The number of thiophene rings is 1. The number of carboxylic acid groups (broad SMARTS) is 1. The lowest BCUT2D eigenvalue weighted by Crippen LogP contribution is -2.39. The third-order valence-electron chi connectivity index (χ3n) is 4.12. The van der Waals surface area contributed by atoms with Crippen LogP contribution in [0.1, 0.15) is 34.9 Å². The Morgan fingerprint density at radius 3 is 2.73 bits per heavy atom. The predicted molar refractivity (Wildman–Crippen MR) is 92.4 cm³/mol. The molecule has 1 saturated heterocycles. The van der Waals surface area contributed by atoms with E-state index in [0.29, 0.717) is 0 Å². The minimum Gasteiger partial charge on any atom is -0.480 e. The molecule has 0 radical (unpaired) electrons. The van der Waals surface area contributed by atoms with Crippen LogP contribution in [0.2, 0.25) is 0 Å². The number of aryl methyl sites for hydroxylation is 1. The molecule has 0 aliphatic carbocycles. The topological polar surface area (TPSA) is 40.5 Å². The number of halogens is 1. The number of benzene rings is 1. The minimum absolute atomic E-state index is 0.0235. The van der Waals surface area contributed by atoms with Crippen LogP contribution in [-0.2, 0) is 4.79 Å². The van der Waals surface area contributed by atoms with Gasteiger partial charge in [0.1, 0.15) is 6.04 Å². The standard InChI is InChI=1S/C17H18BrNO2S/c1-11-9-15(22-10-11)16(12-4-6-13(18)7-5-12)19-8-2-3-14(19)17(20)21/h4-7,9-10,14,16H,2-3,8H2,1H3,(H,20,21). The third kappa shape index (κ3) is 3.12. The van der Waals surface area contributed by atoms with Crippen molar-refractivity contribution in [3.8, 4) is 0 Å². The highest BCUT2D eigenvalue weighted by Crippen LogP contribution is 2.38. The van der Waals surface area contributed by atoms with E-state index in [1.807, 2.05) is 12.1 Å². The first kappa shape index (κ1) is 15.7. The van der Waals surface area contributed by atoms with Gasteiger partial charge in [-0.05, 0) is 54.5 Å². The molecule has 5 heteroatoms. The van der Waals surface area contributed by atoms with Gasteiger partial charge in [0.05, 0.1) is 6.04 Å². The van der Waals surface area contributed by atoms with Crippen molar-refractivity contribution in [1.29, 1.82) is 0 Å². The Morgan fingerprint density at radius 2 is 2.14 bits per heavy atom. The second kappa shape index (κ2) is 6.52. The van der Waals surface area contributed by atoms with Crippen LogP contribution in [0.4, 0.5) is 0 Å². The molecule has 1 N–H and O–H groups in total. The van der Waals surface area contributed by atoms with E-state index in [4.69, 9.17) is 0 Å². The molecule has 2 heterocycles. The summed E-state index contributed by atoms with van der Waals surface area (Å²) in [5.41, 5.74) is 2.38. The fraction of sp³-hybridized carbons (Fsp3) is 0.353. The van der Waals surface area contributed by atoms with Gasteiger partial charge in [0.25, 0.3) is 0 Å². The molecule has 3 nitrogen and oxygen atoms in total. The number of hydrogen-bond donors (Lipinski definition) is 1. The minimum atomic E-state index is -0.715. The molecule has 116 valence electrons. The van der Waals surface area contributed by atoms with Crippen molar-refractivity contribution >= 4 is 33.2 Å². The van der Waals surface area contributed by atoms with E-state index >= 15 is 0 Å². The molecule has 1 fully saturated rings. The van der Waals surface area contributed by atoms with Crippen molar-refractivity contribution in [2.24, 2.45) is 0 Å². The molecule has 1 aliphatic rings. The van der Waals surface area contributed by atoms with Crippen LogP contribution in [0.5, 0.6) is 0 Å². The normalized spacial score (nSPS) is 20.2. The first-order valence-corrected chi connectivity index (χ1v) is 9.02.